The van der Waals surface area contributed by atoms with Gasteiger partial charge in [-0.05, 0) is 60.0 Å². The lowest BCUT2D eigenvalue weighted by molar-refractivity contribution is 0.284. The van der Waals surface area contributed by atoms with Crippen LogP contribution >= 0.6 is 11.6 Å². The van der Waals surface area contributed by atoms with Gasteiger partial charge in [0.15, 0.2) is 11.5 Å². The van der Waals surface area contributed by atoms with Crippen LogP contribution < -0.4 is 19.5 Å². The largest absolute Gasteiger partial charge is 0.496 e. The molecule has 3 aromatic carbocycles. The molecule has 4 nitrogen and oxygen atoms in total. The van der Waals surface area contributed by atoms with Crippen molar-refractivity contribution in [2.75, 3.05) is 20.8 Å². The maximum absolute atomic E-state index is 6.03. The number of halogens is 1. The highest BCUT2D eigenvalue weighted by Gasteiger charge is 2.07. The van der Waals surface area contributed by atoms with Gasteiger partial charge in [0, 0.05) is 11.6 Å². The second-order valence-corrected chi connectivity index (χ2v) is 7.08. The SMILES string of the molecule is COc1ccccc1CCNCc1ccc(OCc2cccc(Cl)c2)c(OC)c1. The van der Waals surface area contributed by atoms with E-state index in [0.29, 0.717) is 17.4 Å². The molecule has 29 heavy (non-hydrogen) atoms. The molecule has 0 heterocycles. The monoisotopic (exact) mass is 411 g/mol. The molecule has 0 atom stereocenters. The second kappa shape index (κ2) is 10.7. The van der Waals surface area contributed by atoms with Crippen LogP contribution in [-0.4, -0.2) is 20.8 Å². The first kappa shape index (κ1) is 21.0. The molecule has 0 unspecified atom stereocenters. The highest BCUT2D eigenvalue weighted by atomic mass is 35.5. The fourth-order valence-electron chi connectivity index (χ4n) is 3.09. The van der Waals surface area contributed by atoms with E-state index >= 15 is 0 Å². The minimum absolute atomic E-state index is 0.438. The summed E-state index contributed by atoms with van der Waals surface area (Å²) in [6.45, 7) is 2.04. The summed E-state index contributed by atoms with van der Waals surface area (Å²) in [5.74, 6) is 2.36. The maximum atomic E-state index is 6.03. The Bertz CT molecular complexity index is 930. The van der Waals surface area contributed by atoms with Crippen molar-refractivity contribution in [3.8, 4) is 17.2 Å². The van der Waals surface area contributed by atoms with Crippen molar-refractivity contribution < 1.29 is 14.2 Å². The van der Waals surface area contributed by atoms with Crippen molar-refractivity contribution >= 4 is 11.6 Å². The number of hydrogen-bond donors (Lipinski definition) is 1. The van der Waals surface area contributed by atoms with Gasteiger partial charge in [0.1, 0.15) is 12.4 Å². The van der Waals surface area contributed by atoms with Gasteiger partial charge in [-0.1, -0.05) is 48.0 Å². The van der Waals surface area contributed by atoms with E-state index in [-0.39, 0.29) is 0 Å². The third-order valence-electron chi connectivity index (χ3n) is 4.60. The van der Waals surface area contributed by atoms with Gasteiger partial charge in [-0.25, -0.2) is 0 Å². The van der Waals surface area contributed by atoms with Gasteiger partial charge in [0.2, 0.25) is 0 Å². The van der Waals surface area contributed by atoms with Crippen LogP contribution in [0, 0.1) is 0 Å². The molecular formula is C24H26ClNO3. The molecule has 3 aromatic rings. The summed E-state index contributed by atoms with van der Waals surface area (Å²) < 4.78 is 16.8. The second-order valence-electron chi connectivity index (χ2n) is 6.64. The minimum Gasteiger partial charge on any atom is -0.496 e. The topological polar surface area (TPSA) is 39.7 Å². The molecule has 0 aromatic heterocycles. The average molecular weight is 412 g/mol. The average Bonchev–Trinajstić information content (AvgIpc) is 2.76. The molecule has 0 spiro atoms. The first-order valence-corrected chi connectivity index (χ1v) is 9.94. The lowest BCUT2D eigenvalue weighted by Gasteiger charge is -2.13. The number of rotatable bonds is 10. The summed E-state index contributed by atoms with van der Waals surface area (Å²) in [5.41, 5.74) is 3.35. The minimum atomic E-state index is 0.438. The quantitative estimate of drug-likeness (QED) is 0.461. The van der Waals surface area contributed by atoms with Crippen LogP contribution in [0.25, 0.3) is 0 Å². The van der Waals surface area contributed by atoms with E-state index in [1.165, 1.54) is 5.56 Å². The first-order chi connectivity index (χ1) is 14.2. The van der Waals surface area contributed by atoms with Gasteiger partial charge in [-0.15, -0.1) is 0 Å². The van der Waals surface area contributed by atoms with Crippen molar-refractivity contribution in [1.29, 1.82) is 0 Å². The molecule has 0 fully saturated rings. The molecule has 0 amide bonds. The van der Waals surface area contributed by atoms with Crippen LogP contribution in [0.4, 0.5) is 0 Å². The van der Waals surface area contributed by atoms with Crippen molar-refractivity contribution in [2.45, 2.75) is 19.6 Å². The summed E-state index contributed by atoms with van der Waals surface area (Å²) in [4.78, 5) is 0. The molecular weight excluding hydrogens is 386 g/mol. The third-order valence-corrected chi connectivity index (χ3v) is 4.84. The molecule has 0 bridgehead atoms. The molecule has 0 saturated carbocycles. The number of ether oxygens (including phenoxy) is 3. The number of nitrogens with one attached hydrogen (secondary N) is 1. The fourth-order valence-corrected chi connectivity index (χ4v) is 3.31. The van der Waals surface area contributed by atoms with Crippen molar-refractivity contribution in [3.63, 3.8) is 0 Å². The Hall–Kier alpha value is -2.69. The van der Waals surface area contributed by atoms with Crippen LogP contribution in [0.1, 0.15) is 16.7 Å². The van der Waals surface area contributed by atoms with Crippen molar-refractivity contribution in [2.24, 2.45) is 0 Å². The Morgan fingerprint density at radius 2 is 1.62 bits per heavy atom. The number of para-hydroxylation sites is 1. The zero-order chi connectivity index (χ0) is 20.5. The Labute approximate surface area is 177 Å². The third kappa shape index (κ3) is 6.14. The fraction of sp³-hybridized carbons (Fsp3) is 0.250. The predicted molar refractivity (Wildman–Crippen MR) is 117 cm³/mol. The molecule has 0 saturated heterocycles. The Kier molecular flexibility index (Phi) is 7.79. The summed E-state index contributed by atoms with van der Waals surface area (Å²) in [7, 11) is 3.36. The van der Waals surface area contributed by atoms with E-state index in [1.807, 2.05) is 60.7 Å². The zero-order valence-corrected chi connectivity index (χ0v) is 17.5. The van der Waals surface area contributed by atoms with E-state index in [1.54, 1.807) is 14.2 Å². The Morgan fingerprint density at radius 3 is 2.41 bits per heavy atom. The molecule has 0 aliphatic carbocycles. The molecule has 0 aliphatic rings. The Morgan fingerprint density at radius 1 is 0.793 bits per heavy atom. The van der Waals surface area contributed by atoms with Crippen LogP contribution in [0.2, 0.25) is 5.02 Å². The molecule has 1 N–H and O–H groups in total. The molecule has 3 rings (SSSR count). The summed E-state index contributed by atoms with van der Waals surface area (Å²) >= 11 is 6.03. The van der Waals surface area contributed by atoms with Crippen LogP contribution in [0.3, 0.4) is 0 Å². The summed E-state index contributed by atoms with van der Waals surface area (Å²) in [6, 6.07) is 21.7. The van der Waals surface area contributed by atoms with Gasteiger partial charge >= 0.3 is 0 Å². The van der Waals surface area contributed by atoms with Gasteiger partial charge in [-0.2, -0.15) is 0 Å². The molecule has 5 heteroatoms. The smallest absolute Gasteiger partial charge is 0.161 e. The lowest BCUT2D eigenvalue weighted by atomic mass is 10.1. The van der Waals surface area contributed by atoms with Crippen LogP contribution in [0.5, 0.6) is 17.2 Å². The van der Waals surface area contributed by atoms with E-state index in [9.17, 15) is 0 Å². The first-order valence-electron chi connectivity index (χ1n) is 9.56. The Balaban J connectivity index is 1.53. The standard InChI is InChI=1S/C24H26ClNO3/c1-27-22-9-4-3-7-20(22)12-13-26-16-18-10-11-23(24(15-18)28-2)29-17-19-6-5-8-21(25)14-19/h3-11,14-15,26H,12-13,16-17H2,1-2H3. The maximum Gasteiger partial charge on any atom is 0.161 e. The molecule has 152 valence electrons. The molecule has 0 aliphatic heterocycles. The van der Waals surface area contributed by atoms with E-state index in [0.717, 1.165) is 42.1 Å². The number of hydrogen-bond acceptors (Lipinski definition) is 4. The highest BCUT2D eigenvalue weighted by Crippen LogP contribution is 2.29. The highest BCUT2D eigenvalue weighted by molar-refractivity contribution is 6.30. The van der Waals surface area contributed by atoms with Gasteiger partial charge in [-0.3, -0.25) is 0 Å². The zero-order valence-electron chi connectivity index (χ0n) is 16.8. The van der Waals surface area contributed by atoms with Gasteiger partial charge in [0.25, 0.3) is 0 Å². The van der Waals surface area contributed by atoms with Gasteiger partial charge < -0.3 is 19.5 Å². The lowest BCUT2D eigenvalue weighted by Crippen LogP contribution is -2.17. The number of methoxy groups -OCH3 is 2. The normalized spacial score (nSPS) is 10.6. The van der Waals surface area contributed by atoms with E-state index < -0.39 is 0 Å². The predicted octanol–water partition coefficient (Wildman–Crippen LogP) is 5.27. The van der Waals surface area contributed by atoms with Crippen LogP contribution in [-0.2, 0) is 19.6 Å². The summed E-state index contributed by atoms with van der Waals surface area (Å²) in [6.07, 6.45) is 0.905. The van der Waals surface area contributed by atoms with Gasteiger partial charge in [0.05, 0.1) is 14.2 Å². The molecule has 0 radical (unpaired) electrons. The van der Waals surface area contributed by atoms with Crippen molar-refractivity contribution in [1.82, 2.24) is 5.32 Å². The number of benzene rings is 3. The van der Waals surface area contributed by atoms with E-state index in [4.69, 9.17) is 25.8 Å². The summed E-state index contributed by atoms with van der Waals surface area (Å²) in [5, 5.41) is 4.17. The van der Waals surface area contributed by atoms with Crippen LogP contribution in [0.15, 0.2) is 66.7 Å². The van der Waals surface area contributed by atoms with E-state index in [2.05, 4.69) is 11.4 Å². The van der Waals surface area contributed by atoms with Crippen molar-refractivity contribution in [3.05, 3.63) is 88.4 Å².